The average molecular weight is 236 g/mol. The highest BCUT2D eigenvalue weighted by Gasteiger charge is 2.12. The monoisotopic (exact) mass is 236 g/mol. The lowest BCUT2D eigenvalue weighted by atomic mass is 10.3. The van der Waals surface area contributed by atoms with Crippen LogP contribution in [0.2, 0.25) is 0 Å². The van der Waals surface area contributed by atoms with Crippen molar-refractivity contribution >= 4 is 17.3 Å². The maximum absolute atomic E-state index is 11.2. The molecule has 16 heavy (non-hydrogen) atoms. The Hall–Kier alpha value is -1.95. The maximum Gasteiger partial charge on any atom is 0.348 e. The second kappa shape index (κ2) is 4.28. The topological polar surface area (TPSA) is 66.1 Å². The summed E-state index contributed by atoms with van der Waals surface area (Å²) >= 11 is 1.24. The Bertz CT molecular complexity index is 524. The Morgan fingerprint density at radius 2 is 2.31 bits per heavy atom. The van der Waals surface area contributed by atoms with Crippen LogP contribution in [-0.4, -0.2) is 18.2 Å². The molecular formula is C10H8N2O3S. The van der Waals surface area contributed by atoms with Crippen LogP contribution in [0.1, 0.15) is 9.67 Å². The molecule has 2 aromatic rings. The predicted molar refractivity (Wildman–Crippen MR) is 57.8 cm³/mol. The van der Waals surface area contributed by atoms with Crippen molar-refractivity contribution in [3.8, 4) is 10.6 Å². The van der Waals surface area contributed by atoms with Crippen LogP contribution in [-0.2, 0) is 4.74 Å². The molecule has 2 heterocycles. The smallest absolute Gasteiger partial charge is 0.348 e. The number of esters is 1. The second-order valence-corrected chi connectivity index (χ2v) is 4.04. The van der Waals surface area contributed by atoms with E-state index in [1.165, 1.54) is 24.6 Å². The van der Waals surface area contributed by atoms with Crippen LogP contribution in [0, 0.1) is 5.21 Å². The van der Waals surface area contributed by atoms with Crippen molar-refractivity contribution in [3.63, 3.8) is 0 Å². The minimum atomic E-state index is -0.387. The van der Waals surface area contributed by atoms with Gasteiger partial charge >= 0.3 is 5.97 Å². The van der Waals surface area contributed by atoms with Crippen LogP contribution in [0.3, 0.4) is 0 Å². The third kappa shape index (κ3) is 2.01. The van der Waals surface area contributed by atoms with E-state index in [9.17, 15) is 10.0 Å². The average Bonchev–Trinajstić information content (AvgIpc) is 2.77. The normalized spacial score (nSPS) is 10.1. The zero-order valence-electron chi connectivity index (χ0n) is 8.41. The highest BCUT2D eigenvalue weighted by molar-refractivity contribution is 7.17. The zero-order valence-corrected chi connectivity index (χ0v) is 9.23. The Balaban J connectivity index is 2.35. The summed E-state index contributed by atoms with van der Waals surface area (Å²) in [5.74, 6) is -0.387. The molecule has 0 amide bonds. The minimum absolute atomic E-state index is 0.387. The number of hydrogen-bond acceptors (Lipinski definition) is 5. The maximum atomic E-state index is 11.2. The van der Waals surface area contributed by atoms with Crippen LogP contribution in [0.5, 0.6) is 0 Å². The van der Waals surface area contributed by atoms with Crippen molar-refractivity contribution in [2.45, 2.75) is 0 Å². The van der Waals surface area contributed by atoms with E-state index in [0.717, 1.165) is 4.88 Å². The predicted octanol–water partition coefficient (Wildman–Crippen LogP) is 1.23. The number of hydrogen-bond donors (Lipinski definition) is 0. The fraction of sp³-hybridized carbons (Fsp3) is 0.100. The van der Waals surface area contributed by atoms with E-state index in [1.54, 1.807) is 24.3 Å². The molecule has 0 spiro atoms. The van der Waals surface area contributed by atoms with E-state index in [-0.39, 0.29) is 5.97 Å². The molecule has 0 radical (unpaired) electrons. The second-order valence-electron chi connectivity index (χ2n) is 2.95. The van der Waals surface area contributed by atoms with Crippen LogP contribution in [0.4, 0.5) is 0 Å². The first-order valence-electron chi connectivity index (χ1n) is 4.46. The first kappa shape index (κ1) is 10.6. The first-order chi connectivity index (χ1) is 7.70. The van der Waals surface area contributed by atoms with Crippen LogP contribution in [0.15, 0.2) is 30.5 Å². The highest BCUT2D eigenvalue weighted by Crippen LogP contribution is 2.26. The third-order valence-electron chi connectivity index (χ3n) is 1.92. The van der Waals surface area contributed by atoms with Crippen LogP contribution >= 0.6 is 11.3 Å². The molecule has 2 rings (SSSR count). The molecule has 0 saturated heterocycles. The third-order valence-corrected chi connectivity index (χ3v) is 3.01. The van der Waals surface area contributed by atoms with Crippen molar-refractivity contribution in [1.82, 2.24) is 5.10 Å². The summed E-state index contributed by atoms with van der Waals surface area (Å²) in [7, 11) is 1.33. The van der Waals surface area contributed by atoms with E-state index in [1.807, 2.05) is 0 Å². The number of nitrogens with zero attached hydrogens (tertiary/aromatic N) is 2. The van der Waals surface area contributed by atoms with Crippen molar-refractivity contribution < 1.29 is 14.4 Å². The fourth-order valence-electron chi connectivity index (χ4n) is 1.20. The van der Waals surface area contributed by atoms with Gasteiger partial charge in [0.25, 0.3) is 0 Å². The highest BCUT2D eigenvalue weighted by atomic mass is 32.1. The van der Waals surface area contributed by atoms with Gasteiger partial charge in [-0.25, -0.2) is 4.79 Å². The van der Waals surface area contributed by atoms with Crippen LogP contribution in [0.25, 0.3) is 10.6 Å². The minimum Gasteiger partial charge on any atom is -0.594 e. The van der Waals surface area contributed by atoms with Gasteiger partial charge in [-0.3, -0.25) is 0 Å². The summed E-state index contributed by atoms with van der Waals surface area (Å²) in [6.07, 6.45) is 1.30. The number of aromatic nitrogens is 2. The summed E-state index contributed by atoms with van der Waals surface area (Å²) in [5, 5.41) is 14.7. The molecule has 0 atom stereocenters. The summed E-state index contributed by atoms with van der Waals surface area (Å²) in [5.41, 5.74) is 0.539. The molecular weight excluding hydrogens is 228 g/mol. The Labute approximate surface area is 95.5 Å². The Kier molecular flexibility index (Phi) is 2.82. The quantitative estimate of drug-likeness (QED) is 0.447. The number of rotatable bonds is 2. The van der Waals surface area contributed by atoms with Crippen molar-refractivity contribution in [2.24, 2.45) is 0 Å². The van der Waals surface area contributed by atoms with Gasteiger partial charge in [0.05, 0.1) is 12.0 Å². The number of carbonyl (C=O) groups is 1. The molecule has 0 aliphatic carbocycles. The van der Waals surface area contributed by atoms with Gasteiger partial charge < -0.3 is 9.94 Å². The lowest BCUT2D eigenvalue weighted by Gasteiger charge is -1.95. The van der Waals surface area contributed by atoms with Gasteiger partial charge in [0.15, 0.2) is 0 Å². The largest absolute Gasteiger partial charge is 0.594 e. The van der Waals surface area contributed by atoms with Crippen molar-refractivity contribution in [1.29, 1.82) is 0 Å². The number of carbonyl (C=O) groups excluding carboxylic acids is 1. The molecule has 0 bridgehead atoms. The standard InChI is InChI=1S/C10H8N2O3S/c1-15-10(13)9-5-4-8(16-9)7-3-2-6-12(14)11-7/h2-6H,1H3. The zero-order chi connectivity index (χ0) is 11.5. The number of ether oxygens (including phenoxy) is 1. The summed E-state index contributed by atoms with van der Waals surface area (Å²) < 4.78 is 4.59. The number of methoxy groups -OCH3 is 1. The lowest BCUT2D eigenvalue weighted by Crippen LogP contribution is -2.30. The molecule has 0 aliphatic heterocycles. The first-order valence-corrected chi connectivity index (χ1v) is 5.27. The van der Waals surface area contributed by atoms with E-state index in [0.29, 0.717) is 15.4 Å². The summed E-state index contributed by atoms with van der Waals surface area (Å²) in [6, 6.07) is 6.70. The van der Waals surface area contributed by atoms with Gasteiger partial charge in [-0.2, -0.15) is 0 Å². The molecule has 0 saturated carbocycles. The lowest BCUT2D eigenvalue weighted by molar-refractivity contribution is -0.668. The Morgan fingerprint density at radius 3 is 3.00 bits per heavy atom. The molecule has 0 aliphatic rings. The van der Waals surface area contributed by atoms with Gasteiger partial charge in [-0.05, 0) is 18.2 Å². The SMILES string of the molecule is COC(=O)c1ccc(-c2ccc[n+]([O-])n2)s1. The fourth-order valence-corrected chi connectivity index (χ4v) is 2.09. The summed E-state index contributed by atoms with van der Waals surface area (Å²) in [6.45, 7) is 0. The molecule has 82 valence electrons. The Morgan fingerprint density at radius 1 is 1.50 bits per heavy atom. The molecule has 0 N–H and O–H groups in total. The van der Waals surface area contributed by atoms with Crippen molar-refractivity contribution in [3.05, 3.63) is 40.5 Å². The molecule has 2 aromatic heterocycles. The number of thiophene rings is 1. The molecule has 5 nitrogen and oxygen atoms in total. The molecule has 0 fully saturated rings. The van der Waals surface area contributed by atoms with Gasteiger partial charge in [0.1, 0.15) is 10.6 Å². The van der Waals surface area contributed by atoms with Gasteiger partial charge in [-0.15, -0.1) is 11.3 Å². The van der Waals surface area contributed by atoms with Crippen LogP contribution < -0.4 is 4.85 Å². The van der Waals surface area contributed by atoms with Gasteiger partial charge in [0.2, 0.25) is 6.20 Å². The molecule has 6 heteroatoms. The van der Waals surface area contributed by atoms with Gasteiger partial charge in [-0.1, -0.05) is 4.85 Å². The van der Waals surface area contributed by atoms with E-state index < -0.39 is 0 Å². The van der Waals surface area contributed by atoms with E-state index in [2.05, 4.69) is 9.84 Å². The van der Waals surface area contributed by atoms with E-state index in [4.69, 9.17) is 0 Å². The molecule has 0 aromatic carbocycles. The molecule has 0 unspecified atom stereocenters. The van der Waals surface area contributed by atoms with Crippen molar-refractivity contribution in [2.75, 3.05) is 7.11 Å². The summed E-state index contributed by atoms with van der Waals surface area (Å²) in [4.78, 5) is 12.9. The van der Waals surface area contributed by atoms with E-state index >= 15 is 0 Å². The van der Waals surface area contributed by atoms with Gasteiger partial charge in [0, 0.05) is 11.2 Å².